The van der Waals surface area contributed by atoms with E-state index in [1.54, 1.807) is 0 Å². The molecule has 108 valence electrons. The summed E-state index contributed by atoms with van der Waals surface area (Å²) in [7, 11) is 0. The van der Waals surface area contributed by atoms with E-state index in [0.29, 0.717) is 0 Å². The first-order chi connectivity index (χ1) is 9.66. The van der Waals surface area contributed by atoms with Crippen LogP contribution in [0.25, 0.3) is 0 Å². The molecule has 20 heavy (non-hydrogen) atoms. The van der Waals surface area contributed by atoms with Crippen LogP contribution in [0.3, 0.4) is 0 Å². The zero-order chi connectivity index (χ0) is 14.1. The molecule has 0 saturated carbocycles. The number of anilines is 1. The van der Waals surface area contributed by atoms with Gasteiger partial charge >= 0.3 is 0 Å². The molecule has 2 heterocycles. The van der Waals surface area contributed by atoms with E-state index in [9.17, 15) is 4.79 Å². The third kappa shape index (κ3) is 2.40. The smallest absolute Gasteiger partial charge is 0.239 e. The van der Waals surface area contributed by atoms with Gasteiger partial charge in [0.2, 0.25) is 5.91 Å². The fraction of sp³-hybridized carbons (Fsp3) is 0.562. The number of hydrogen-bond donors (Lipinski definition) is 1. The number of likely N-dealkylation sites (tertiary alicyclic amines) is 1. The first-order valence-electron chi connectivity index (χ1n) is 7.56. The quantitative estimate of drug-likeness (QED) is 0.833. The second-order valence-electron chi connectivity index (χ2n) is 5.91. The van der Waals surface area contributed by atoms with Gasteiger partial charge in [-0.1, -0.05) is 12.1 Å². The van der Waals surface area contributed by atoms with Crippen LogP contribution in [0.1, 0.15) is 30.9 Å². The SMILES string of the molecule is CC(C(=O)N1CCCC1)N1CCc2cccc(N)c2C1. The number of carbonyl (C=O) groups excluding carboxylic acids is 1. The van der Waals surface area contributed by atoms with Crippen LogP contribution in [0.15, 0.2) is 18.2 Å². The highest BCUT2D eigenvalue weighted by molar-refractivity contribution is 5.81. The molecule has 4 nitrogen and oxygen atoms in total. The van der Waals surface area contributed by atoms with Crippen LogP contribution in [0.4, 0.5) is 5.69 Å². The number of rotatable bonds is 2. The van der Waals surface area contributed by atoms with Crippen molar-refractivity contribution >= 4 is 11.6 Å². The number of hydrogen-bond acceptors (Lipinski definition) is 3. The molecule has 0 radical (unpaired) electrons. The molecule has 1 unspecified atom stereocenters. The maximum absolute atomic E-state index is 12.5. The van der Waals surface area contributed by atoms with E-state index in [1.165, 1.54) is 11.1 Å². The average molecular weight is 273 g/mol. The van der Waals surface area contributed by atoms with E-state index in [-0.39, 0.29) is 11.9 Å². The summed E-state index contributed by atoms with van der Waals surface area (Å²) in [6.07, 6.45) is 3.28. The first-order valence-corrected chi connectivity index (χ1v) is 7.56. The molecule has 2 aliphatic heterocycles. The normalized spacial score (nSPS) is 20.8. The lowest BCUT2D eigenvalue weighted by atomic mass is 9.97. The Morgan fingerprint density at radius 1 is 1.25 bits per heavy atom. The first kappa shape index (κ1) is 13.4. The van der Waals surface area contributed by atoms with Gasteiger partial charge in [-0.15, -0.1) is 0 Å². The van der Waals surface area contributed by atoms with E-state index >= 15 is 0 Å². The Kier molecular flexibility index (Phi) is 3.66. The predicted molar refractivity (Wildman–Crippen MR) is 80.2 cm³/mol. The van der Waals surface area contributed by atoms with Crippen molar-refractivity contribution in [3.05, 3.63) is 29.3 Å². The number of carbonyl (C=O) groups is 1. The van der Waals surface area contributed by atoms with Crippen molar-refractivity contribution in [2.24, 2.45) is 0 Å². The lowest BCUT2D eigenvalue weighted by Gasteiger charge is -2.35. The molecular formula is C16H23N3O. The van der Waals surface area contributed by atoms with Gasteiger partial charge in [0.25, 0.3) is 0 Å². The molecule has 0 spiro atoms. The summed E-state index contributed by atoms with van der Waals surface area (Å²) in [5, 5.41) is 0. The average Bonchev–Trinajstić information content (AvgIpc) is 3.00. The Balaban J connectivity index is 1.72. The van der Waals surface area contributed by atoms with Gasteiger partial charge in [0.1, 0.15) is 0 Å². The lowest BCUT2D eigenvalue weighted by Crippen LogP contribution is -2.48. The molecule has 1 aromatic rings. The van der Waals surface area contributed by atoms with Crippen LogP contribution in [0.5, 0.6) is 0 Å². The van der Waals surface area contributed by atoms with Crippen molar-refractivity contribution in [2.75, 3.05) is 25.4 Å². The van der Waals surface area contributed by atoms with Crippen LogP contribution < -0.4 is 5.73 Å². The summed E-state index contributed by atoms with van der Waals surface area (Å²) in [6.45, 7) is 5.62. The predicted octanol–water partition coefficient (Wildman–Crippen LogP) is 1.64. The van der Waals surface area contributed by atoms with Crippen molar-refractivity contribution in [1.82, 2.24) is 9.80 Å². The Labute approximate surface area is 120 Å². The lowest BCUT2D eigenvalue weighted by molar-refractivity contribution is -0.135. The minimum atomic E-state index is -0.0409. The Hall–Kier alpha value is -1.55. The van der Waals surface area contributed by atoms with Gasteiger partial charge in [0.05, 0.1) is 6.04 Å². The van der Waals surface area contributed by atoms with Crippen LogP contribution in [-0.2, 0) is 17.8 Å². The van der Waals surface area contributed by atoms with Crippen molar-refractivity contribution in [3.8, 4) is 0 Å². The number of nitrogens with zero attached hydrogens (tertiary/aromatic N) is 2. The number of fused-ring (bicyclic) bond motifs is 1. The van der Waals surface area contributed by atoms with Gasteiger partial charge in [0, 0.05) is 31.9 Å². The molecule has 1 saturated heterocycles. The van der Waals surface area contributed by atoms with E-state index < -0.39 is 0 Å². The van der Waals surface area contributed by atoms with Crippen LogP contribution in [-0.4, -0.2) is 41.4 Å². The van der Waals surface area contributed by atoms with Crippen molar-refractivity contribution in [3.63, 3.8) is 0 Å². The third-order valence-electron chi connectivity index (χ3n) is 4.66. The molecule has 0 aromatic heterocycles. The molecular weight excluding hydrogens is 250 g/mol. The van der Waals surface area contributed by atoms with E-state index in [4.69, 9.17) is 5.73 Å². The molecule has 2 N–H and O–H groups in total. The summed E-state index contributed by atoms with van der Waals surface area (Å²) in [5.74, 6) is 0.278. The summed E-state index contributed by atoms with van der Waals surface area (Å²) >= 11 is 0. The standard InChI is InChI=1S/C16H23N3O/c1-12(16(20)18-8-2-3-9-18)19-10-7-13-5-4-6-15(17)14(13)11-19/h4-6,12H,2-3,7-11,17H2,1H3. The second kappa shape index (κ2) is 5.44. The Bertz CT molecular complexity index is 508. The molecule has 0 bridgehead atoms. The molecule has 1 atom stereocenters. The summed E-state index contributed by atoms with van der Waals surface area (Å²) < 4.78 is 0. The largest absolute Gasteiger partial charge is 0.398 e. The van der Waals surface area contributed by atoms with Gasteiger partial charge in [-0.2, -0.15) is 0 Å². The fourth-order valence-corrected chi connectivity index (χ4v) is 3.32. The Morgan fingerprint density at radius 2 is 2.00 bits per heavy atom. The monoisotopic (exact) mass is 273 g/mol. The molecule has 1 fully saturated rings. The highest BCUT2D eigenvalue weighted by Gasteiger charge is 2.30. The minimum absolute atomic E-state index is 0.0409. The van der Waals surface area contributed by atoms with Crippen molar-refractivity contribution in [1.29, 1.82) is 0 Å². The molecule has 1 aromatic carbocycles. The fourth-order valence-electron chi connectivity index (χ4n) is 3.32. The molecule has 0 aliphatic carbocycles. The molecule has 4 heteroatoms. The van der Waals surface area contributed by atoms with E-state index in [1.807, 2.05) is 24.0 Å². The van der Waals surface area contributed by atoms with Crippen LogP contribution in [0, 0.1) is 0 Å². The number of nitrogens with two attached hydrogens (primary N) is 1. The number of nitrogen functional groups attached to an aromatic ring is 1. The Morgan fingerprint density at radius 3 is 2.75 bits per heavy atom. The molecule has 3 rings (SSSR count). The van der Waals surface area contributed by atoms with E-state index in [0.717, 1.165) is 51.1 Å². The highest BCUT2D eigenvalue weighted by Crippen LogP contribution is 2.26. The van der Waals surface area contributed by atoms with Gasteiger partial charge in [-0.05, 0) is 43.4 Å². The summed E-state index contributed by atoms with van der Waals surface area (Å²) in [5.41, 5.74) is 9.48. The minimum Gasteiger partial charge on any atom is -0.398 e. The van der Waals surface area contributed by atoms with E-state index in [2.05, 4.69) is 11.0 Å². The number of benzene rings is 1. The van der Waals surface area contributed by atoms with Crippen LogP contribution >= 0.6 is 0 Å². The van der Waals surface area contributed by atoms with Gasteiger partial charge in [-0.3, -0.25) is 9.69 Å². The third-order valence-corrected chi connectivity index (χ3v) is 4.66. The summed E-state index contributed by atoms with van der Waals surface area (Å²) in [4.78, 5) is 16.8. The topological polar surface area (TPSA) is 49.6 Å². The van der Waals surface area contributed by atoms with Gasteiger partial charge in [0.15, 0.2) is 0 Å². The molecule has 1 amide bonds. The maximum Gasteiger partial charge on any atom is 0.239 e. The highest BCUT2D eigenvalue weighted by atomic mass is 16.2. The zero-order valence-corrected chi connectivity index (χ0v) is 12.1. The maximum atomic E-state index is 12.5. The summed E-state index contributed by atoms with van der Waals surface area (Å²) in [6, 6.07) is 6.08. The van der Waals surface area contributed by atoms with Crippen molar-refractivity contribution < 1.29 is 4.79 Å². The second-order valence-corrected chi connectivity index (χ2v) is 5.91. The van der Waals surface area contributed by atoms with Crippen LogP contribution in [0.2, 0.25) is 0 Å². The molecule has 2 aliphatic rings. The van der Waals surface area contributed by atoms with Gasteiger partial charge < -0.3 is 10.6 Å². The van der Waals surface area contributed by atoms with Gasteiger partial charge in [-0.25, -0.2) is 0 Å². The zero-order valence-electron chi connectivity index (χ0n) is 12.1. The van der Waals surface area contributed by atoms with Crippen molar-refractivity contribution in [2.45, 2.75) is 38.8 Å². The number of amides is 1.